The predicted molar refractivity (Wildman–Crippen MR) is 92.6 cm³/mol. The van der Waals surface area contributed by atoms with Crippen molar-refractivity contribution in [1.29, 1.82) is 0 Å². The zero-order valence-corrected chi connectivity index (χ0v) is 14.7. The molecule has 0 N–H and O–H groups in total. The van der Waals surface area contributed by atoms with E-state index in [1.807, 2.05) is 0 Å². The maximum Gasteiger partial charge on any atom is 0.163 e. The molecule has 0 spiro atoms. The van der Waals surface area contributed by atoms with E-state index in [1.165, 1.54) is 30.5 Å². The van der Waals surface area contributed by atoms with Crippen LogP contribution in [-0.4, -0.2) is 44.4 Å². The minimum atomic E-state index is -0.0485. The lowest BCUT2D eigenvalue weighted by Gasteiger charge is -2.34. The van der Waals surface area contributed by atoms with Crippen LogP contribution in [-0.2, 0) is 24.1 Å². The van der Waals surface area contributed by atoms with Crippen LogP contribution in [0.25, 0.3) is 0 Å². The largest absolute Gasteiger partial charge is 0.366 e. The van der Waals surface area contributed by atoms with Crippen LogP contribution in [0.4, 0.5) is 5.82 Å². The molecule has 2 fully saturated rings. The van der Waals surface area contributed by atoms with Gasteiger partial charge in [-0.15, -0.1) is 10.2 Å². The Hall–Kier alpha value is -2.02. The summed E-state index contributed by atoms with van der Waals surface area (Å²) in [5.41, 5.74) is 2.65. The molecule has 1 atom stereocenters. The zero-order chi connectivity index (χ0) is 16.8. The summed E-state index contributed by atoms with van der Waals surface area (Å²) in [5.74, 6) is 3.72. The minimum Gasteiger partial charge on any atom is -0.366 e. The van der Waals surface area contributed by atoms with E-state index in [1.54, 1.807) is 6.33 Å². The van der Waals surface area contributed by atoms with E-state index in [9.17, 15) is 0 Å². The lowest BCUT2D eigenvalue weighted by atomic mass is 10.2. The normalized spacial score (nSPS) is 23.1. The van der Waals surface area contributed by atoms with Crippen molar-refractivity contribution in [2.45, 2.75) is 57.6 Å². The van der Waals surface area contributed by atoms with Crippen LogP contribution in [0.1, 0.15) is 61.1 Å². The summed E-state index contributed by atoms with van der Waals surface area (Å²) in [6.07, 6.45) is 7.61. The highest BCUT2D eigenvalue weighted by atomic mass is 16.5. The molecule has 3 heterocycles. The van der Waals surface area contributed by atoms with Crippen LogP contribution in [0, 0.1) is 0 Å². The number of aromatic nitrogens is 5. The van der Waals surface area contributed by atoms with Crippen LogP contribution in [0.3, 0.4) is 0 Å². The Labute approximate surface area is 147 Å². The number of morpholine rings is 1. The van der Waals surface area contributed by atoms with Crippen molar-refractivity contribution in [2.75, 3.05) is 24.6 Å². The van der Waals surface area contributed by atoms with E-state index in [4.69, 9.17) is 14.7 Å². The third-order valence-corrected chi connectivity index (χ3v) is 5.51. The fourth-order valence-corrected chi connectivity index (χ4v) is 3.97. The molecule has 0 unspecified atom stereocenters. The molecule has 1 saturated heterocycles. The van der Waals surface area contributed by atoms with Crippen molar-refractivity contribution >= 4 is 5.82 Å². The molecule has 1 aliphatic heterocycles. The Morgan fingerprint density at radius 1 is 1.24 bits per heavy atom. The lowest BCUT2D eigenvalue weighted by Crippen LogP contribution is -2.40. The van der Waals surface area contributed by atoms with Gasteiger partial charge in [-0.1, -0.05) is 0 Å². The summed E-state index contributed by atoms with van der Waals surface area (Å²) >= 11 is 0. The summed E-state index contributed by atoms with van der Waals surface area (Å²) in [5, 5.41) is 8.35. The summed E-state index contributed by atoms with van der Waals surface area (Å²) in [6, 6.07) is 0. The van der Waals surface area contributed by atoms with E-state index in [-0.39, 0.29) is 6.10 Å². The number of hydrogen-bond donors (Lipinski definition) is 0. The van der Waals surface area contributed by atoms with Crippen LogP contribution in [0.2, 0.25) is 0 Å². The van der Waals surface area contributed by atoms with Gasteiger partial charge in [0, 0.05) is 30.3 Å². The Morgan fingerprint density at radius 2 is 2.16 bits per heavy atom. The second kappa shape index (κ2) is 6.05. The Morgan fingerprint density at radius 3 is 3.00 bits per heavy atom. The molecule has 1 saturated carbocycles. The van der Waals surface area contributed by atoms with Crippen molar-refractivity contribution in [3.8, 4) is 0 Å². The van der Waals surface area contributed by atoms with Crippen molar-refractivity contribution in [3.63, 3.8) is 0 Å². The maximum atomic E-state index is 6.02. The van der Waals surface area contributed by atoms with Gasteiger partial charge < -0.3 is 14.2 Å². The monoisotopic (exact) mass is 340 g/mol. The van der Waals surface area contributed by atoms with Crippen molar-refractivity contribution < 1.29 is 4.74 Å². The molecule has 25 heavy (non-hydrogen) atoms. The molecule has 5 rings (SSSR count). The molecule has 7 heteroatoms. The molecule has 3 aliphatic rings. The van der Waals surface area contributed by atoms with Gasteiger partial charge >= 0.3 is 0 Å². The first-order chi connectivity index (χ1) is 12.3. The maximum absolute atomic E-state index is 6.02. The molecule has 2 aliphatic carbocycles. The van der Waals surface area contributed by atoms with E-state index >= 15 is 0 Å². The molecule has 0 aromatic carbocycles. The summed E-state index contributed by atoms with van der Waals surface area (Å²) < 4.78 is 8.08. The van der Waals surface area contributed by atoms with Gasteiger partial charge in [0.1, 0.15) is 24.1 Å². The van der Waals surface area contributed by atoms with Gasteiger partial charge in [-0.25, -0.2) is 9.97 Å². The Bertz CT molecular complexity index is 784. The number of nitrogens with zero attached hydrogens (tertiary/aromatic N) is 6. The second-order valence-corrected chi connectivity index (χ2v) is 7.24. The number of ether oxygens (including phenoxy) is 1. The molecule has 2 aromatic rings. The summed E-state index contributed by atoms with van der Waals surface area (Å²) in [6.45, 7) is 5.32. The number of fused-ring (bicyclic) bond motifs is 1. The number of anilines is 1. The average Bonchev–Trinajstić information content (AvgIpc) is 3.20. The van der Waals surface area contributed by atoms with E-state index in [0.29, 0.717) is 12.5 Å². The number of hydrogen-bond acceptors (Lipinski definition) is 6. The topological polar surface area (TPSA) is 69.0 Å². The van der Waals surface area contributed by atoms with E-state index in [2.05, 4.69) is 26.6 Å². The lowest BCUT2D eigenvalue weighted by molar-refractivity contribution is 0.0313. The summed E-state index contributed by atoms with van der Waals surface area (Å²) in [4.78, 5) is 12.3. The van der Waals surface area contributed by atoms with Crippen molar-refractivity contribution in [1.82, 2.24) is 24.7 Å². The minimum absolute atomic E-state index is 0.0485. The van der Waals surface area contributed by atoms with Crippen LogP contribution >= 0.6 is 0 Å². The molecule has 0 radical (unpaired) electrons. The zero-order valence-electron chi connectivity index (χ0n) is 14.7. The van der Waals surface area contributed by atoms with E-state index < -0.39 is 0 Å². The fourth-order valence-electron chi connectivity index (χ4n) is 3.97. The third-order valence-electron chi connectivity index (χ3n) is 5.51. The van der Waals surface area contributed by atoms with Gasteiger partial charge in [0.2, 0.25) is 0 Å². The first kappa shape index (κ1) is 15.3. The summed E-state index contributed by atoms with van der Waals surface area (Å²) in [7, 11) is 0. The molecule has 0 amide bonds. The molecular formula is C18H24N6O. The number of rotatable bonds is 4. The smallest absolute Gasteiger partial charge is 0.163 e. The Kier molecular flexibility index (Phi) is 3.69. The molecule has 7 nitrogen and oxygen atoms in total. The molecule has 2 aromatic heterocycles. The van der Waals surface area contributed by atoms with E-state index in [0.717, 1.165) is 49.9 Å². The first-order valence-electron chi connectivity index (χ1n) is 9.47. The average molecular weight is 340 g/mol. The van der Waals surface area contributed by atoms with Crippen molar-refractivity contribution in [3.05, 3.63) is 29.2 Å². The third kappa shape index (κ3) is 2.70. The van der Waals surface area contributed by atoms with Gasteiger partial charge in [-0.05, 0) is 39.0 Å². The standard InChI is InChI=1S/C18H24N6O/c1-2-23-11-19-22-18(23)15-10-24(8-9-25-15)17-13-4-3-5-14(13)20-16(21-17)12-6-7-12/h11-12,15H,2-10H2,1H3/t15-/m0/s1. The number of aryl methyl sites for hydroxylation is 2. The fraction of sp³-hybridized carbons (Fsp3) is 0.667. The highest BCUT2D eigenvalue weighted by Crippen LogP contribution is 2.41. The van der Waals surface area contributed by atoms with Crippen LogP contribution in [0.15, 0.2) is 6.33 Å². The Balaban J connectivity index is 1.47. The SMILES string of the molecule is CCn1cnnc1[C@@H]1CN(c2nc(C3CC3)nc3c2CCC3)CCO1. The highest BCUT2D eigenvalue weighted by Gasteiger charge is 2.33. The van der Waals surface area contributed by atoms with Crippen molar-refractivity contribution in [2.24, 2.45) is 0 Å². The second-order valence-electron chi connectivity index (χ2n) is 7.24. The van der Waals surface area contributed by atoms with Gasteiger partial charge in [0.25, 0.3) is 0 Å². The molecular weight excluding hydrogens is 316 g/mol. The quantitative estimate of drug-likeness (QED) is 0.848. The first-order valence-corrected chi connectivity index (χ1v) is 9.47. The van der Waals surface area contributed by atoms with Gasteiger partial charge in [0.05, 0.1) is 13.2 Å². The van der Waals surface area contributed by atoms with Crippen LogP contribution in [0.5, 0.6) is 0 Å². The van der Waals surface area contributed by atoms with Gasteiger partial charge in [0.15, 0.2) is 5.82 Å². The molecule has 132 valence electrons. The van der Waals surface area contributed by atoms with Crippen LogP contribution < -0.4 is 4.90 Å². The highest BCUT2D eigenvalue weighted by molar-refractivity contribution is 5.52. The van der Waals surface area contributed by atoms with Gasteiger partial charge in [-0.3, -0.25) is 0 Å². The molecule has 0 bridgehead atoms. The van der Waals surface area contributed by atoms with Gasteiger partial charge in [-0.2, -0.15) is 0 Å². The predicted octanol–water partition coefficient (Wildman–Crippen LogP) is 2.03.